The van der Waals surface area contributed by atoms with Gasteiger partial charge in [0, 0.05) is 12.3 Å². The molecular weight excluding hydrogens is 354 g/mol. The number of aromatic hydroxyl groups is 1. The van der Waals surface area contributed by atoms with E-state index in [9.17, 15) is 9.59 Å². The van der Waals surface area contributed by atoms with Crippen LogP contribution in [0.4, 0.5) is 0 Å². The van der Waals surface area contributed by atoms with Crippen LogP contribution in [0.2, 0.25) is 0 Å². The number of carbonyl (C=O) groups is 2. The fourth-order valence-corrected chi connectivity index (χ4v) is 2.95. The summed E-state index contributed by atoms with van der Waals surface area (Å²) in [5, 5.41) is 32.7. The lowest BCUT2D eigenvalue weighted by atomic mass is 10.3. The molecule has 4 rings (SSSR count). The second-order valence-electron chi connectivity index (χ2n) is 4.78. The molecule has 0 radical (unpaired) electrons. The standard InChI is InChI=1S/C6H5N3O.C4H5NO3.C3H7NS2/c10-5-3-1-2-4-6(5)8-9-7-4;6-2-1-3(7)5-4(2)8;5-3-4-1-2-6-3/h1-3,10H,(H,7,8,9);2,6H,1H2,(H,5,7,8);3-5H,1-2H2. The number of aromatic amines is 1. The van der Waals surface area contributed by atoms with Gasteiger partial charge >= 0.3 is 0 Å². The average molecular weight is 371 g/mol. The van der Waals surface area contributed by atoms with Gasteiger partial charge in [-0.25, -0.2) is 0 Å². The van der Waals surface area contributed by atoms with Crippen LogP contribution in [0, 0.1) is 0 Å². The van der Waals surface area contributed by atoms with E-state index in [1.54, 1.807) is 18.2 Å². The van der Waals surface area contributed by atoms with Crippen LogP contribution in [0.25, 0.3) is 11.0 Å². The first-order chi connectivity index (χ1) is 11.5. The zero-order chi connectivity index (χ0) is 17.5. The molecule has 2 atom stereocenters. The van der Waals surface area contributed by atoms with Gasteiger partial charge in [0.05, 0.1) is 11.1 Å². The van der Waals surface area contributed by atoms with Crippen molar-refractivity contribution in [3.05, 3.63) is 18.2 Å². The molecule has 0 bridgehead atoms. The number of rotatable bonds is 0. The van der Waals surface area contributed by atoms with Gasteiger partial charge < -0.3 is 10.2 Å². The van der Waals surface area contributed by atoms with E-state index >= 15 is 0 Å². The number of aliphatic hydroxyl groups is 1. The summed E-state index contributed by atoms with van der Waals surface area (Å²) < 4.78 is 0.407. The molecule has 0 spiro atoms. The number of benzene rings is 1. The molecule has 3 heterocycles. The Hall–Kier alpha value is -1.82. The first-order valence-electron chi connectivity index (χ1n) is 7.00. The van der Waals surface area contributed by atoms with Crippen LogP contribution in [-0.4, -0.2) is 60.5 Å². The monoisotopic (exact) mass is 371 g/mol. The molecule has 1 aromatic heterocycles. The number of phenolic OH excluding ortho intramolecular Hbond substituents is 1. The number of hydrogen-bond donors (Lipinski definition) is 6. The maximum atomic E-state index is 10.2. The first kappa shape index (κ1) is 18.5. The fourth-order valence-electron chi connectivity index (χ4n) is 1.81. The number of aromatic nitrogens is 3. The summed E-state index contributed by atoms with van der Waals surface area (Å²) >= 11 is 5.99. The van der Waals surface area contributed by atoms with E-state index in [2.05, 4.69) is 33.4 Å². The van der Waals surface area contributed by atoms with E-state index in [1.807, 2.05) is 17.1 Å². The number of imide groups is 1. The normalized spacial score (nSPS) is 22.4. The minimum Gasteiger partial charge on any atom is -0.506 e. The van der Waals surface area contributed by atoms with Crippen molar-refractivity contribution in [3.63, 3.8) is 0 Å². The van der Waals surface area contributed by atoms with Gasteiger partial charge in [0.2, 0.25) is 5.91 Å². The lowest BCUT2D eigenvalue weighted by molar-refractivity contribution is -0.127. The number of amides is 2. The molecule has 0 aliphatic carbocycles. The highest BCUT2D eigenvalue weighted by Gasteiger charge is 2.27. The van der Waals surface area contributed by atoms with Crippen LogP contribution >= 0.6 is 24.4 Å². The van der Waals surface area contributed by atoms with Crippen molar-refractivity contribution in [2.45, 2.75) is 17.2 Å². The zero-order valence-corrected chi connectivity index (χ0v) is 14.2. The molecule has 2 unspecified atom stereocenters. The Balaban J connectivity index is 0.000000135. The Kier molecular flexibility index (Phi) is 6.85. The third kappa shape index (κ3) is 5.37. The molecule has 11 heteroatoms. The topological polar surface area (TPSA) is 140 Å². The molecule has 24 heavy (non-hydrogen) atoms. The van der Waals surface area contributed by atoms with E-state index in [0.29, 0.717) is 15.7 Å². The molecule has 2 fully saturated rings. The second kappa shape index (κ2) is 8.87. The van der Waals surface area contributed by atoms with Crippen LogP contribution < -0.4 is 10.6 Å². The summed E-state index contributed by atoms with van der Waals surface area (Å²) in [7, 11) is 0. The van der Waals surface area contributed by atoms with E-state index in [1.165, 1.54) is 5.75 Å². The van der Waals surface area contributed by atoms with Crippen molar-refractivity contribution >= 4 is 47.2 Å². The Bertz CT molecular complexity index is 704. The first-order valence-corrected chi connectivity index (χ1v) is 8.57. The fraction of sp³-hybridized carbons (Fsp3) is 0.385. The van der Waals surface area contributed by atoms with Crippen LogP contribution in [-0.2, 0) is 9.59 Å². The molecule has 2 amide bonds. The van der Waals surface area contributed by atoms with E-state index in [0.717, 1.165) is 6.54 Å². The largest absolute Gasteiger partial charge is 0.506 e. The SMILES string of the molecule is O=C1CC(O)C(=O)N1.Oc1cccc2n[nH]nc12.SC1NCCS1. The van der Waals surface area contributed by atoms with E-state index in [-0.39, 0.29) is 12.2 Å². The van der Waals surface area contributed by atoms with Gasteiger partial charge in [0.25, 0.3) is 5.91 Å². The molecule has 2 aromatic rings. The van der Waals surface area contributed by atoms with Crippen molar-refractivity contribution in [1.82, 2.24) is 26.0 Å². The Labute approximate surface area is 147 Å². The van der Waals surface area contributed by atoms with Crippen LogP contribution in [0.3, 0.4) is 0 Å². The molecule has 2 aliphatic heterocycles. The van der Waals surface area contributed by atoms with Crippen LogP contribution in [0.5, 0.6) is 5.75 Å². The van der Waals surface area contributed by atoms with Crippen molar-refractivity contribution in [2.75, 3.05) is 12.3 Å². The number of H-pyrrole nitrogens is 1. The van der Waals surface area contributed by atoms with E-state index in [4.69, 9.17) is 10.2 Å². The zero-order valence-electron chi connectivity index (χ0n) is 12.5. The lowest BCUT2D eigenvalue weighted by Crippen LogP contribution is -2.24. The summed E-state index contributed by atoms with van der Waals surface area (Å²) in [5.74, 6) is 0.387. The highest BCUT2D eigenvalue weighted by atomic mass is 32.2. The van der Waals surface area contributed by atoms with Gasteiger partial charge in [-0.2, -0.15) is 15.4 Å². The predicted octanol–water partition coefficient (Wildman–Crippen LogP) is -0.407. The number of aliphatic hydroxyl groups excluding tert-OH is 1. The minimum absolute atomic E-state index is 0.0845. The van der Waals surface area contributed by atoms with Crippen LogP contribution in [0.15, 0.2) is 18.2 Å². The highest BCUT2D eigenvalue weighted by Crippen LogP contribution is 2.18. The number of fused-ring (bicyclic) bond motifs is 1. The van der Waals surface area contributed by atoms with Crippen LogP contribution in [0.1, 0.15) is 6.42 Å². The Morgan fingerprint density at radius 3 is 2.50 bits per heavy atom. The predicted molar refractivity (Wildman–Crippen MR) is 92.6 cm³/mol. The van der Waals surface area contributed by atoms with Gasteiger partial charge in [0.15, 0.2) is 5.52 Å². The van der Waals surface area contributed by atoms with Crippen molar-refractivity contribution in [3.8, 4) is 5.75 Å². The van der Waals surface area contributed by atoms with Gasteiger partial charge in [-0.3, -0.25) is 20.2 Å². The van der Waals surface area contributed by atoms with Gasteiger partial charge in [-0.15, -0.1) is 24.4 Å². The number of nitrogens with zero attached hydrogens (tertiary/aromatic N) is 2. The number of hydrogen-bond acceptors (Lipinski definition) is 9. The number of thioether (sulfide) groups is 1. The number of thiol groups is 1. The van der Waals surface area contributed by atoms with Gasteiger partial charge in [-0.05, 0) is 12.1 Å². The highest BCUT2D eigenvalue weighted by molar-refractivity contribution is 8.10. The third-order valence-electron chi connectivity index (χ3n) is 2.97. The van der Waals surface area contributed by atoms with Gasteiger partial charge in [-0.1, -0.05) is 6.07 Å². The van der Waals surface area contributed by atoms with Crippen molar-refractivity contribution in [2.24, 2.45) is 0 Å². The molecule has 0 saturated carbocycles. The number of nitrogens with one attached hydrogen (secondary N) is 3. The van der Waals surface area contributed by atoms with E-state index < -0.39 is 17.9 Å². The lowest BCUT2D eigenvalue weighted by Gasteiger charge is -1.93. The maximum absolute atomic E-state index is 10.2. The summed E-state index contributed by atoms with van der Waals surface area (Å²) in [6.07, 6.45) is -1.19. The number of phenols is 1. The average Bonchev–Trinajstić information content (AvgIpc) is 3.24. The summed E-state index contributed by atoms with van der Waals surface area (Å²) in [6.45, 7) is 1.12. The molecule has 130 valence electrons. The summed E-state index contributed by atoms with van der Waals surface area (Å²) in [4.78, 5) is 20.4. The van der Waals surface area contributed by atoms with Crippen molar-refractivity contribution < 1.29 is 19.8 Å². The molecule has 1 aromatic carbocycles. The number of carbonyl (C=O) groups excluding carboxylic acids is 2. The minimum atomic E-state index is -1.11. The Morgan fingerprint density at radius 1 is 1.29 bits per heavy atom. The molecule has 2 aliphatic rings. The molecule has 9 nitrogen and oxygen atoms in total. The summed E-state index contributed by atoms with van der Waals surface area (Å²) in [6, 6.07) is 5.07. The van der Waals surface area contributed by atoms with Gasteiger partial charge in [0.1, 0.15) is 17.4 Å². The van der Waals surface area contributed by atoms with Crippen molar-refractivity contribution in [1.29, 1.82) is 0 Å². The molecule has 2 saturated heterocycles. The second-order valence-corrected chi connectivity index (χ2v) is 6.86. The smallest absolute Gasteiger partial charge is 0.255 e. The summed E-state index contributed by atoms with van der Waals surface area (Å²) in [5.41, 5.74) is 1.20. The third-order valence-corrected chi connectivity index (χ3v) is 4.52. The molecular formula is C13H17N5O4S2. The number of para-hydroxylation sites is 1. The Morgan fingerprint density at radius 2 is 2.08 bits per heavy atom. The quantitative estimate of drug-likeness (QED) is 0.271. The molecule has 5 N–H and O–H groups in total. The maximum Gasteiger partial charge on any atom is 0.255 e.